The van der Waals surface area contributed by atoms with Gasteiger partial charge >= 0.3 is 0 Å². The molecule has 2 nitrogen and oxygen atoms in total. The van der Waals surface area contributed by atoms with Crippen LogP contribution in [0.15, 0.2) is 58.3 Å². The van der Waals surface area contributed by atoms with E-state index < -0.39 is 0 Å². The third-order valence-electron chi connectivity index (χ3n) is 4.98. The molecule has 0 N–H and O–H groups in total. The highest BCUT2D eigenvalue weighted by Crippen LogP contribution is 2.38. The Labute approximate surface area is 191 Å². The van der Waals surface area contributed by atoms with E-state index in [1.54, 1.807) is 21.6 Å². The highest BCUT2D eigenvalue weighted by molar-refractivity contribution is 8.76. The van der Waals surface area contributed by atoms with Gasteiger partial charge in [-0.2, -0.15) is 0 Å². The molecule has 0 amide bonds. The summed E-state index contributed by atoms with van der Waals surface area (Å²) >= 11 is 0. The van der Waals surface area contributed by atoms with E-state index in [0.717, 1.165) is 24.3 Å². The maximum absolute atomic E-state index is 6.02. The van der Waals surface area contributed by atoms with Crippen LogP contribution in [0, 0.1) is 0 Å². The summed E-state index contributed by atoms with van der Waals surface area (Å²) in [4.78, 5) is 2.46. The molecule has 0 radical (unpaired) electrons. The molecule has 0 heterocycles. The van der Waals surface area contributed by atoms with Gasteiger partial charge in [0.15, 0.2) is 0 Å². The van der Waals surface area contributed by atoms with Crippen molar-refractivity contribution in [3.8, 4) is 11.5 Å². The molecule has 2 atom stereocenters. The van der Waals surface area contributed by atoms with E-state index >= 15 is 0 Å². The monoisotopic (exact) mass is 446 g/mol. The zero-order valence-corrected chi connectivity index (χ0v) is 20.7. The quantitative estimate of drug-likeness (QED) is 0.200. The molecule has 0 spiro atoms. The summed E-state index contributed by atoms with van der Waals surface area (Å²) in [6.45, 7) is 8.79. The molecule has 2 aromatic rings. The van der Waals surface area contributed by atoms with Crippen LogP contribution in [0.25, 0.3) is 0 Å². The van der Waals surface area contributed by atoms with Gasteiger partial charge in [-0.15, -0.1) is 0 Å². The second-order valence-electron chi connectivity index (χ2n) is 7.96. The molecule has 0 aliphatic rings. The van der Waals surface area contributed by atoms with Crippen LogP contribution in [-0.4, -0.2) is 12.2 Å². The first-order valence-electron chi connectivity index (χ1n) is 11.5. The normalized spacial score (nSPS) is 13.1. The first-order chi connectivity index (χ1) is 14.6. The second-order valence-corrected chi connectivity index (χ2v) is 10.2. The zero-order valence-electron chi connectivity index (χ0n) is 19.1. The summed E-state index contributed by atoms with van der Waals surface area (Å²) in [6, 6.07) is 16.9. The molecule has 0 aromatic heterocycles. The fraction of sp³-hybridized carbons (Fsp3) is 0.538. The van der Waals surface area contributed by atoms with Crippen molar-refractivity contribution in [2.45, 2.75) is 101 Å². The van der Waals surface area contributed by atoms with Gasteiger partial charge in [0.2, 0.25) is 0 Å². The Bertz CT molecular complexity index is 624. The molecular weight excluding hydrogens is 408 g/mol. The molecule has 0 aliphatic heterocycles. The molecule has 2 aromatic carbocycles. The van der Waals surface area contributed by atoms with Crippen molar-refractivity contribution in [1.29, 1.82) is 0 Å². The topological polar surface area (TPSA) is 18.5 Å². The molecule has 0 aliphatic carbocycles. The van der Waals surface area contributed by atoms with Crippen LogP contribution in [-0.2, 0) is 0 Å². The first-order valence-corrected chi connectivity index (χ1v) is 13.6. The second kappa shape index (κ2) is 14.7. The van der Waals surface area contributed by atoms with Crippen molar-refractivity contribution in [2.75, 3.05) is 0 Å². The Kier molecular flexibility index (Phi) is 12.2. The lowest BCUT2D eigenvalue weighted by Gasteiger charge is -2.15. The third kappa shape index (κ3) is 10.2. The van der Waals surface area contributed by atoms with Crippen molar-refractivity contribution in [3.05, 3.63) is 48.5 Å². The molecule has 166 valence electrons. The van der Waals surface area contributed by atoms with Crippen LogP contribution in [0.4, 0.5) is 0 Å². The number of benzene rings is 2. The number of rotatable bonds is 15. The largest absolute Gasteiger partial charge is 0.491 e. The van der Waals surface area contributed by atoms with Gasteiger partial charge in [-0.3, -0.25) is 0 Å². The average Bonchev–Trinajstić information content (AvgIpc) is 2.75. The predicted molar refractivity (Wildman–Crippen MR) is 133 cm³/mol. The lowest BCUT2D eigenvalue weighted by atomic mass is 10.1. The van der Waals surface area contributed by atoms with Gasteiger partial charge in [0, 0.05) is 9.79 Å². The van der Waals surface area contributed by atoms with Crippen molar-refractivity contribution >= 4 is 21.6 Å². The summed E-state index contributed by atoms with van der Waals surface area (Å²) in [5, 5.41) is 0. The summed E-state index contributed by atoms with van der Waals surface area (Å²) in [6.07, 6.45) is 10.4. The minimum atomic E-state index is 0.277. The fourth-order valence-corrected chi connectivity index (χ4v) is 5.12. The van der Waals surface area contributed by atoms with Crippen LogP contribution in [0.1, 0.15) is 79.1 Å². The van der Waals surface area contributed by atoms with Gasteiger partial charge in [0.25, 0.3) is 0 Å². The zero-order chi connectivity index (χ0) is 21.6. The predicted octanol–water partition coefficient (Wildman–Crippen LogP) is 9.18. The number of hydrogen-bond acceptors (Lipinski definition) is 4. The van der Waals surface area contributed by atoms with Crippen LogP contribution >= 0.6 is 21.6 Å². The van der Waals surface area contributed by atoms with Crippen molar-refractivity contribution in [2.24, 2.45) is 0 Å². The van der Waals surface area contributed by atoms with E-state index in [2.05, 4.69) is 76.2 Å². The summed E-state index contributed by atoms with van der Waals surface area (Å²) in [5.41, 5.74) is 0. The van der Waals surface area contributed by atoms with Crippen LogP contribution in [0.2, 0.25) is 0 Å². The van der Waals surface area contributed by atoms with E-state index in [4.69, 9.17) is 9.47 Å². The van der Waals surface area contributed by atoms with Crippen LogP contribution in [0.5, 0.6) is 11.5 Å². The molecule has 30 heavy (non-hydrogen) atoms. The maximum Gasteiger partial charge on any atom is 0.119 e. The standard InChI is InChI=1S/C26H38O2S2/c1-5-7-9-11-21(3)27-23-13-17-25(18-14-23)29-30-26-19-15-24(16-20-26)28-22(4)12-10-8-6-2/h13-22H,5-12H2,1-4H3. The number of unbranched alkanes of at least 4 members (excludes halogenated alkanes) is 4. The van der Waals surface area contributed by atoms with Gasteiger partial charge in [-0.25, -0.2) is 0 Å². The van der Waals surface area contributed by atoms with Gasteiger partial charge in [0.1, 0.15) is 11.5 Å². The van der Waals surface area contributed by atoms with Crippen LogP contribution in [0.3, 0.4) is 0 Å². The summed E-state index contributed by atoms with van der Waals surface area (Å²) in [5.74, 6) is 1.92. The number of hydrogen-bond donors (Lipinski definition) is 0. The first kappa shape index (κ1) is 25.0. The lowest BCUT2D eigenvalue weighted by Crippen LogP contribution is -2.11. The van der Waals surface area contributed by atoms with E-state index in [0.29, 0.717) is 0 Å². The molecule has 0 saturated carbocycles. The SMILES string of the molecule is CCCCCC(C)Oc1ccc(SSc2ccc(OC(C)CCCCC)cc2)cc1. The van der Waals surface area contributed by atoms with E-state index in [9.17, 15) is 0 Å². The van der Waals surface area contributed by atoms with Crippen molar-refractivity contribution in [3.63, 3.8) is 0 Å². The third-order valence-corrected chi connectivity index (χ3v) is 7.40. The Balaban J connectivity index is 1.73. The molecule has 2 unspecified atom stereocenters. The Hall–Kier alpha value is -1.26. The van der Waals surface area contributed by atoms with E-state index in [-0.39, 0.29) is 12.2 Å². The van der Waals surface area contributed by atoms with Gasteiger partial charge in [-0.05, 0) is 88.1 Å². The molecule has 4 heteroatoms. The van der Waals surface area contributed by atoms with Gasteiger partial charge in [-0.1, -0.05) is 61.1 Å². The Morgan fingerprint density at radius 3 is 1.30 bits per heavy atom. The smallest absolute Gasteiger partial charge is 0.119 e. The van der Waals surface area contributed by atoms with Gasteiger partial charge < -0.3 is 9.47 Å². The minimum absolute atomic E-state index is 0.277. The highest BCUT2D eigenvalue weighted by Gasteiger charge is 2.06. The van der Waals surface area contributed by atoms with E-state index in [1.165, 1.54) is 48.3 Å². The van der Waals surface area contributed by atoms with Crippen molar-refractivity contribution in [1.82, 2.24) is 0 Å². The molecule has 0 fully saturated rings. The molecule has 0 saturated heterocycles. The Morgan fingerprint density at radius 2 is 0.967 bits per heavy atom. The highest BCUT2D eigenvalue weighted by atomic mass is 33.1. The average molecular weight is 447 g/mol. The lowest BCUT2D eigenvalue weighted by molar-refractivity contribution is 0.206. The number of ether oxygens (including phenoxy) is 2. The summed E-state index contributed by atoms with van der Waals surface area (Å²) < 4.78 is 12.0. The maximum atomic E-state index is 6.02. The van der Waals surface area contributed by atoms with Crippen LogP contribution < -0.4 is 9.47 Å². The molecular formula is C26H38O2S2. The van der Waals surface area contributed by atoms with Crippen molar-refractivity contribution < 1.29 is 9.47 Å². The molecule has 0 bridgehead atoms. The minimum Gasteiger partial charge on any atom is -0.491 e. The van der Waals surface area contributed by atoms with Gasteiger partial charge in [0.05, 0.1) is 12.2 Å². The molecule has 2 rings (SSSR count). The Morgan fingerprint density at radius 1 is 0.600 bits per heavy atom. The van der Waals surface area contributed by atoms with E-state index in [1.807, 2.05) is 0 Å². The summed E-state index contributed by atoms with van der Waals surface area (Å²) in [7, 11) is 3.54. The fourth-order valence-electron chi connectivity index (χ4n) is 3.19.